The molecule has 0 radical (unpaired) electrons. The summed E-state index contributed by atoms with van der Waals surface area (Å²) in [6.07, 6.45) is 0. The van der Waals surface area contributed by atoms with Crippen LogP contribution in [0.4, 0.5) is 5.00 Å². The van der Waals surface area contributed by atoms with E-state index in [2.05, 4.69) is 10.4 Å². The van der Waals surface area contributed by atoms with E-state index in [-0.39, 0.29) is 11.7 Å². The molecule has 148 valence electrons. The minimum absolute atomic E-state index is 0.137. The molecule has 0 fully saturated rings. The highest BCUT2D eigenvalue weighted by Crippen LogP contribution is 2.33. The van der Waals surface area contributed by atoms with E-state index < -0.39 is 11.8 Å². The summed E-state index contributed by atoms with van der Waals surface area (Å²) in [5.74, 6) is -0.108. The highest BCUT2D eigenvalue weighted by molar-refractivity contribution is 7.16. The van der Waals surface area contributed by atoms with Gasteiger partial charge >= 0.3 is 0 Å². The summed E-state index contributed by atoms with van der Waals surface area (Å²) in [4.78, 5) is 25.2. The van der Waals surface area contributed by atoms with Gasteiger partial charge in [-0.25, -0.2) is 0 Å². The average Bonchev–Trinajstić information content (AvgIpc) is 3.31. The van der Waals surface area contributed by atoms with Gasteiger partial charge in [0.2, 0.25) is 0 Å². The quantitative estimate of drug-likeness (QED) is 0.619. The number of furan rings is 1. The minimum Gasteiger partial charge on any atom is -0.454 e. The Kier molecular flexibility index (Phi) is 5.62. The van der Waals surface area contributed by atoms with Crippen molar-refractivity contribution in [3.8, 4) is 0 Å². The van der Waals surface area contributed by atoms with Gasteiger partial charge in [-0.3, -0.25) is 14.3 Å². The van der Waals surface area contributed by atoms with Crippen LogP contribution in [0.3, 0.4) is 0 Å². The van der Waals surface area contributed by atoms with Crippen molar-refractivity contribution >= 4 is 39.8 Å². The first-order valence-corrected chi connectivity index (χ1v) is 9.90. The average molecular weight is 421 g/mol. The number of rotatable bonds is 6. The maximum Gasteiger partial charge on any atom is 0.291 e. The maximum atomic E-state index is 12.6. The monoisotopic (exact) mass is 420 g/mol. The van der Waals surface area contributed by atoms with Crippen LogP contribution in [0.25, 0.3) is 0 Å². The number of amides is 2. The summed E-state index contributed by atoms with van der Waals surface area (Å²) < 4.78 is 7.37. The molecule has 0 bridgehead atoms. The molecular formula is C19H21ClN4O3S. The Morgan fingerprint density at radius 2 is 2.07 bits per heavy atom. The van der Waals surface area contributed by atoms with Crippen molar-refractivity contribution in [3.63, 3.8) is 0 Å². The van der Waals surface area contributed by atoms with Crippen molar-refractivity contribution in [2.75, 3.05) is 5.32 Å². The van der Waals surface area contributed by atoms with Gasteiger partial charge in [0, 0.05) is 4.88 Å². The lowest BCUT2D eigenvalue weighted by Gasteiger charge is -2.03. The summed E-state index contributed by atoms with van der Waals surface area (Å²) in [7, 11) is 0. The molecule has 0 aliphatic carbocycles. The number of nitrogens with one attached hydrogen (secondary N) is 1. The third-order valence-electron chi connectivity index (χ3n) is 4.30. The molecule has 0 atom stereocenters. The number of carbonyl (C=O) groups is 2. The van der Waals surface area contributed by atoms with E-state index in [0.717, 1.165) is 16.3 Å². The molecular weight excluding hydrogens is 400 g/mol. The van der Waals surface area contributed by atoms with E-state index in [9.17, 15) is 9.59 Å². The van der Waals surface area contributed by atoms with Gasteiger partial charge in [0.05, 0.1) is 28.5 Å². The second-order valence-corrected chi connectivity index (χ2v) is 8.23. The molecule has 0 aliphatic rings. The Morgan fingerprint density at radius 3 is 2.64 bits per heavy atom. The zero-order valence-corrected chi connectivity index (χ0v) is 17.6. The van der Waals surface area contributed by atoms with Gasteiger partial charge in [0.1, 0.15) is 10.8 Å². The molecule has 0 aliphatic heterocycles. The topological polar surface area (TPSA) is 103 Å². The van der Waals surface area contributed by atoms with E-state index >= 15 is 0 Å². The molecule has 3 heterocycles. The Hall–Kier alpha value is -2.58. The molecule has 0 spiro atoms. The van der Waals surface area contributed by atoms with E-state index in [0.29, 0.717) is 27.9 Å². The predicted molar refractivity (Wildman–Crippen MR) is 109 cm³/mol. The number of anilines is 1. The Morgan fingerprint density at radius 1 is 1.36 bits per heavy atom. The van der Waals surface area contributed by atoms with Crippen LogP contribution < -0.4 is 11.1 Å². The van der Waals surface area contributed by atoms with Crippen LogP contribution in [-0.4, -0.2) is 21.6 Å². The second kappa shape index (κ2) is 7.81. The fraction of sp³-hybridized carbons (Fsp3) is 0.316. The SMILES string of the molecule is Cc1nn(Cc2ccc(C(=O)Nc3sc(C(C)C)cc3C(N)=O)o2)c(C)c1Cl. The van der Waals surface area contributed by atoms with Gasteiger partial charge in [0.25, 0.3) is 11.8 Å². The third-order valence-corrected chi connectivity index (χ3v) is 6.19. The molecule has 28 heavy (non-hydrogen) atoms. The zero-order valence-electron chi connectivity index (χ0n) is 16.0. The van der Waals surface area contributed by atoms with Crippen LogP contribution in [-0.2, 0) is 6.54 Å². The second-order valence-electron chi connectivity index (χ2n) is 6.77. The van der Waals surface area contributed by atoms with Crippen LogP contribution in [0, 0.1) is 13.8 Å². The first-order chi connectivity index (χ1) is 13.2. The number of hydrogen-bond donors (Lipinski definition) is 2. The van der Waals surface area contributed by atoms with Gasteiger partial charge in [-0.1, -0.05) is 25.4 Å². The van der Waals surface area contributed by atoms with Crippen LogP contribution in [0.5, 0.6) is 0 Å². The number of nitrogens with zero attached hydrogens (tertiary/aromatic N) is 2. The summed E-state index contributed by atoms with van der Waals surface area (Å²) in [6, 6.07) is 5.01. The first-order valence-electron chi connectivity index (χ1n) is 8.70. The number of primary amides is 1. The number of thiophene rings is 1. The highest BCUT2D eigenvalue weighted by atomic mass is 35.5. The van der Waals surface area contributed by atoms with E-state index in [1.165, 1.54) is 11.3 Å². The van der Waals surface area contributed by atoms with Crippen LogP contribution >= 0.6 is 22.9 Å². The molecule has 0 saturated heterocycles. The van der Waals surface area contributed by atoms with E-state index in [1.54, 1.807) is 22.9 Å². The summed E-state index contributed by atoms with van der Waals surface area (Å²) in [6.45, 7) is 8.07. The number of nitrogens with two attached hydrogens (primary N) is 1. The number of carbonyl (C=O) groups excluding carboxylic acids is 2. The lowest BCUT2D eigenvalue weighted by Crippen LogP contribution is -2.16. The Balaban J connectivity index is 1.78. The first kappa shape index (κ1) is 20.2. The van der Waals surface area contributed by atoms with E-state index in [4.69, 9.17) is 21.8 Å². The summed E-state index contributed by atoms with van der Waals surface area (Å²) >= 11 is 7.49. The molecule has 0 aromatic carbocycles. The molecule has 0 saturated carbocycles. The van der Waals surface area contributed by atoms with Crippen molar-refractivity contribution in [2.45, 2.75) is 40.2 Å². The predicted octanol–water partition coefficient (Wildman–Crippen LogP) is 4.33. The molecule has 7 nitrogen and oxygen atoms in total. The lowest BCUT2D eigenvalue weighted by atomic mass is 10.1. The number of halogens is 1. The minimum atomic E-state index is -0.583. The molecule has 0 unspecified atom stereocenters. The van der Waals surface area contributed by atoms with Crippen molar-refractivity contribution in [1.29, 1.82) is 0 Å². The van der Waals surface area contributed by atoms with Crippen molar-refractivity contribution in [1.82, 2.24) is 9.78 Å². The normalized spacial score (nSPS) is 11.2. The third kappa shape index (κ3) is 3.98. The lowest BCUT2D eigenvalue weighted by molar-refractivity contribution is 0.0995. The van der Waals surface area contributed by atoms with Gasteiger partial charge in [-0.2, -0.15) is 5.10 Å². The van der Waals surface area contributed by atoms with Gasteiger partial charge in [0.15, 0.2) is 5.76 Å². The fourth-order valence-corrected chi connectivity index (χ4v) is 3.89. The standard InChI is InChI=1S/C19H21ClN4O3S/c1-9(2)15-7-13(17(21)25)19(28-15)22-18(26)14-6-5-12(27-14)8-24-11(4)16(20)10(3)23-24/h5-7,9H,8H2,1-4H3,(H2,21,25)(H,22,26). The zero-order chi connectivity index (χ0) is 20.6. The molecule has 3 aromatic heterocycles. The van der Waals surface area contributed by atoms with Crippen LogP contribution in [0.2, 0.25) is 5.02 Å². The molecule has 3 N–H and O–H groups in total. The fourth-order valence-electron chi connectivity index (χ4n) is 2.70. The summed E-state index contributed by atoms with van der Waals surface area (Å²) in [5, 5.41) is 8.11. The van der Waals surface area contributed by atoms with Crippen molar-refractivity contribution in [3.05, 3.63) is 56.6 Å². The molecule has 2 amide bonds. The molecule has 3 rings (SSSR count). The van der Waals surface area contributed by atoms with Gasteiger partial charge in [-0.15, -0.1) is 11.3 Å². The highest BCUT2D eigenvalue weighted by Gasteiger charge is 2.20. The van der Waals surface area contributed by atoms with Crippen LogP contribution in [0.1, 0.15) is 62.7 Å². The van der Waals surface area contributed by atoms with E-state index in [1.807, 2.05) is 27.7 Å². The van der Waals surface area contributed by atoms with Crippen LogP contribution in [0.15, 0.2) is 22.6 Å². The maximum absolute atomic E-state index is 12.6. The number of hydrogen-bond acceptors (Lipinski definition) is 5. The molecule has 9 heteroatoms. The van der Waals surface area contributed by atoms with Crippen molar-refractivity contribution < 1.29 is 14.0 Å². The Labute approximate surface area is 171 Å². The summed E-state index contributed by atoms with van der Waals surface area (Å²) in [5.41, 5.74) is 7.29. The van der Waals surface area contributed by atoms with Crippen molar-refractivity contribution in [2.24, 2.45) is 5.73 Å². The Bertz CT molecular complexity index is 1050. The van der Waals surface area contributed by atoms with Gasteiger partial charge < -0.3 is 15.5 Å². The largest absolute Gasteiger partial charge is 0.454 e. The smallest absolute Gasteiger partial charge is 0.291 e. The number of aryl methyl sites for hydroxylation is 1. The molecule has 3 aromatic rings. The van der Waals surface area contributed by atoms with Gasteiger partial charge in [-0.05, 0) is 38.0 Å². The number of aromatic nitrogens is 2.